The number of phosphoric acid groups is 1. The molecule has 0 aromatic rings. The molecule has 26 heteroatoms. The summed E-state index contributed by atoms with van der Waals surface area (Å²) in [4.78, 5) is 66.2. The summed E-state index contributed by atoms with van der Waals surface area (Å²) in [5, 5.41) is 102. The minimum Gasteiger partial charge on any atom is -0.463 e. The number of hydrogen-bond acceptors (Lipinski definition) is 24. The van der Waals surface area contributed by atoms with E-state index in [1.807, 2.05) is 0 Å². The molecule has 25 nitrogen and oxygen atoms in total. The lowest BCUT2D eigenvalue weighted by molar-refractivity contribution is -0.360. The number of aliphatic hydroxyl groups is 9. The summed E-state index contributed by atoms with van der Waals surface area (Å²) in [5.41, 5.74) is 0. The van der Waals surface area contributed by atoms with Crippen LogP contribution in [0.15, 0.2) is 36.5 Å². The summed E-state index contributed by atoms with van der Waals surface area (Å²) in [6.07, 6.45) is 26.1. The van der Waals surface area contributed by atoms with Crippen LogP contribution in [0.2, 0.25) is 0 Å². The first kappa shape index (κ1) is 104. The third-order valence-electron chi connectivity index (χ3n) is 21.6. The molecule has 1 aliphatic carbocycles. The third-order valence-corrected chi connectivity index (χ3v) is 22.6. The largest absolute Gasteiger partial charge is 0.472 e. The Bertz CT molecular complexity index is 2510. The fourth-order valence-electron chi connectivity index (χ4n) is 14.4. The molecule has 3 fully saturated rings. The maximum absolute atomic E-state index is 14.9. The molecule has 2 aliphatic heterocycles. The van der Waals surface area contributed by atoms with Crippen LogP contribution in [0.1, 0.15) is 362 Å². The van der Waals surface area contributed by atoms with Crippen LogP contribution in [0.5, 0.6) is 0 Å². The van der Waals surface area contributed by atoms with E-state index in [1.54, 1.807) is 0 Å². The zero-order valence-electron chi connectivity index (χ0n) is 69.9. The molecule has 0 aromatic heterocycles. The minimum absolute atomic E-state index is 0.00910. The van der Waals surface area contributed by atoms with E-state index in [0.717, 1.165) is 109 Å². The van der Waals surface area contributed by atoms with Crippen LogP contribution in [0.3, 0.4) is 0 Å². The van der Waals surface area contributed by atoms with Crippen molar-refractivity contribution in [1.82, 2.24) is 0 Å². The molecule has 0 aromatic carbocycles. The van der Waals surface area contributed by atoms with Crippen molar-refractivity contribution >= 4 is 31.7 Å². The minimum atomic E-state index is -5.81. The summed E-state index contributed by atoms with van der Waals surface area (Å²) < 4.78 is 73.1. The summed E-state index contributed by atoms with van der Waals surface area (Å²) >= 11 is 0. The number of carbonyl (C=O) groups excluding carboxylic acids is 4. The molecular formula is C87H157O25P. The number of esters is 4. The van der Waals surface area contributed by atoms with Gasteiger partial charge in [-0.2, -0.15) is 0 Å². The fourth-order valence-corrected chi connectivity index (χ4v) is 15.4. The lowest BCUT2D eigenvalue weighted by Crippen LogP contribution is -2.70. The molecule has 1 saturated carbocycles. The van der Waals surface area contributed by atoms with E-state index in [0.29, 0.717) is 44.9 Å². The van der Waals surface area contributed by atoms with Gasteiger partial charge in [-0.05, 0) is 103 Å². The monoisotopic (exact) mass is 1630 g/mol. The Balaban J connectivity index is 1.94. The van der Waals surface area contributed by atoms with Crippen molar-refractivity contribution in [3.05, 3.63) is 36.5 Å². The number of ether oxygens (including phenoxy) is 8. The van der Waals surface area contributed by atoms with Gasteiger partial charge in [0.05, 0.1) is 13.2 Å². The molecule has 2 heterocycles. The van der Waals surface area contributed by atoms with Gasteiger partial charge in [-0.15, -0.1) is 0 Å². The molecule has 18 atom stereocenters. The zero-order valence-corrected chi connectivity index (χ0v) is 70.8. The van der Waals surface area contributed by atoms with Gasteiger partial charge in [0.15, 0.2) is 24.8 Å². The SMILES string of the molecule is CCCCCCCC/C=C\CCCCCC(=O)OCC1OC(OC2C(OC(=O)CCCCC/C=C\CCCCCCCC)C(O)C(O)C(OC3OC(CO)C(O)C(O)C3O)C2OP(=O)(O)OCC(COC(=O)CCCCCCCCCCCCCCCCC)OC(=O)CCCCC/C=C\CCCCCCCC)C(O)C(O)C1O. The maximum Gasteiger partial charge on any atom is 0.472 e. The second kappa shape index (κ2) is 66.5. The lowest BCUT2D eigenvalue weighted by atomic mass is 9.84. The molecule has 113 heavy (non-hydrogen) atoms. The van der Waals surface area contributed by atoms with E-state index in [9.17, 15) is 74.6 Å². The van der Waals surface area contributed by atoms with Crippen LogP contribution in [0, 0.1) is 0 Å². The number of phosphoric ester groups is 1. The van der Waals surface area contributed by atoms with Gasteiger partial charge in [-0.25, -0.2) is 4.57 Å². The summed E-state index contributed by atoms with van der Waals surface area (Å²) in [7, 11) is -5.81. The Kier molecular flexibility index (Phi) is 61.1. The summed E-state index contributed by atoms with van der Waals surface area (Å²) in [5.74, 6) is -3.03. The van der Waals surface area contributed by atoms with Crippen LogP contribution in [-0.2, 0) is 70.7 Å². The van der Waals surface area contributed by atoms with Crippen molar-refractivity contribution in [1.29, 1.82) is 0 Å². The average Bonchev–Trinajstić information content (AvgIpc) is 0.754. The van der Waals surface area contributed by atoms with Gasteiger partial charge < -0.3 is 88.7 Å². The summed E-state index contributed by atoms with van der Waals surface area (Å²) in [6, 6.07) is 0. The molecule has 3 rings (SSSR count). The quantitative estimate of drug-likeness (QED) is 0.00889. The van der Waals surface area contributed by atoms with Gasteiger partial charge in [-0.3, -0.25) is 28.2 Å². The first-order chi connectivity index (χ1) is 54.7. The molecule has 10 N–H and O–H groups in total. The van der Waals surface area contributed by atoms with E-state index in [1.165, 1.54) is 148 Å². The van der Waals surface area contributed by atoms with Gasteiger partial charge in [0.2, 0.25) is 0 Å². The molecule has 0 bridgehead atoms. The van der Waals surface area contributed by atoms with Gasteiger partial charge in [0.1, 0.15) is 92.6 Å². The molecule has 0 spiro atoms. The highest BCUT2D eigenvalue weighted by atomic mass is 31.2. The Morgan fingerprint density at radius 3 is 1.06 bits per heavy atom. The highest BCUT2D eigenvalue weighted by Gasteiger charge is 2.60. The second-order valence-corrected chi connectivity index (χ2v) is 33.1. The Labute approximate surface area is 678 Å². The van der Waals surface area contributed by atoms with Crippen LogP contribution in [0.25, 0.3) is 0 Å². The first-order valence-corrected chi connectivity index (χ1v) is 46.2. The highest BCUT2D eigenvalue weighted by Crippen LogP contribution is 2.49. The van der Waals surface area contributed by atoms with Crippen molar-refractivity contribution in [2.24, 2.45) is 0 Å². The van der Waals surface area contributed by atoms with E-state index in [-0.39, 0.29) is 32.1 Å². The standard InChI is InChI=1S/C87H157O25P/c1-5-9-13-17-21-25-29-33-34-38-40-43-47-51-55-59-70(89)103-64-67(106-72(91)61-57-53-49-45-41-36-31-27-23-19-15-11-7-3)65-105-113(101,102)112-85-83(110-86-80(99)76(95)74(93)68(63-88)107-86)79(98)78(97)82(109-73(92)62-58-54-50-46-42-37-32-28-24-20-16-12-8-4)84(85)111-87-81(100)77(96)75(94)69(108-87)66-104-71(90)60-56-52-48-44-39-35-30-26-22-18-14-10-6-2/h35-37,39,41-42,67-69,74-88,93-100H,5-34,38,40,43-66H2,1-4H3,(H,101,102)/b39-35-,41-36-,42-37-. The predicted octanol–water partition coefficient (Wildman–Crippen LogP) is 15.5. The Morgan fingerprint density at radius 2 is 0.664 bits per heavy atom. The zero-order chi connectivity index (χ0) is 82.5. The van der Waals surface area contributed by atoms with E-state index < -0.39 is 162 Å². The normalized spacial score (nSPS) is 25.6. The van der Waals surface area contributed by atoms with Crippen LogP contribution >= 0.6 is 7.82 Å². The topological polar surface area (TPSA) is 380 Å². The Morgan fingerprint density at radius 1 is 0.345 bits per heavy atom. The number of allylic oxidation sites excluding steroid dienone is 6. The van der Waals surface area contributed by atoms with Gasteiger partial charge in [0, 0.05) is 25.7 Å². The molecule has 3 aliphatic rings. The fraction of sp³-hybridized carbons (Fsp3) is 0.885. The molecular weight excluding hydrogens is 1480 g/mol. The van der Waals surface area contributed by atoms with E-state index in [2.05, 4.69) is 64.2 Å². The maximum atomic E-state index is 14.9. The van der Waals surface area contributed by atoms with Crippen molar-refractivity contribution in [3.63, 3.8) is 0 Å². The van der Waals surface area contributed by atoms with Gasteiger partial charge in [-0.1, -0.05) is 270 Å². The Hall–Kier alpha value is -3.31. The first-order valence-electron chi connectivity index (χ1n) is 44.7. The van der Waals surface area contributed by atoms with Crippen LogP contribution in [0.4, 0.5) is 0 Å². The predicted molar refractivity (Wildman–Crippen MR) is 435 cm³/mol. The average molecular weight is 1630 g/mol. The number of rotatable bonds is 71. The highest BCUT2D eigenvalue weighted by molar-refractivity contribution is 7.47. The molecule has 18 unspecified atom stereocenters. The van der Waals surface area contributed by atoms with Crippen molar-refractivity contribution in [2.45, 2.75) is 466 Å². The number of aliphatic hydroxyl groups excluding tert-OH is 9. The third kappa shape index (κ3) is 47.3. The molecule has 660 valence electrons. The number of unbranched alkanes of at least 4 members (excludes halogenated alkanes) is 41. The van der Waals surface area contributed by atoms with Crippen LogP contribution in [-0.4, -0.2) is 205 Å². The second-order valence-electron chi connectivity index (χ2n) is 31.7. The van der Waals surface area contributed by atoms with Crippen molar-refractivity contribution < 1.29 is 122 Å². The van der Waals surface area contributed by atoms with Crippen LogP contribution < -0.4 is 0 Å². The van der Waals surface area contributed by atoms with E-state index in [4.69, 9.17) is 46.9 Å². The number of carbonyl (C=O) groups is 4. The van der Waals surface area contributed by atoms with Crippen molar-refractivity contribution in [3.8, 4) is 0 Å². The van der Waals surface area contributed by atoms with E-state index >= 15 is 0 Å². The lowest BCUT2D eigenvalue weighted by Gasteiger charge is -2.50. The molecule has 2 saturated heterocycles. The summed E-state index contributed by atoms with van der Waals surface area (Å²) in [6.45, 7) is 5.50. The molecule has 0 radical (unpaired) electrons. The van der Waals surface area contributed by atoms with Gasteiger partial charge in [0.25, 0.3) is 0 Å². The number of hydrogen-bond donors (Lipinski definition) is 10. The van der Waals surface area contributed by atoms with Crippen molar-refractivity contribution in [2.75, 3.05) is 26.4 Å². The smallest absolute Gasteiger partial charge is 0.463 e. The molecule has 0 amide bonds. The van der Waals surface area contributed by atoms with Gasteiger partial charge >= 0.3 is 31.7 Å².